The number of rotatable bonds is 7. The van der Waals surface area contributed by atoms with E-state index in [1.165, 1.54) is 10.8 Å². The van der Waals surface area contributed by atoms with Crippen LogP contribution in [0, 0.1) is 0 Å². The van der Waals surface area contributed by atoms with Gasteiger partial charge in [0.05, 0.1) is 36.5 Å². The fourth-order valence-electron chi connectivity index (χ4n) is 4.73. The Bertz CT molecular complexity index is 1290. The molecular formula is C21H24F6N6O4S. The van der Waals surface area contributed by atoms with Gasteiger partial charge in [0, 0.05) is 38.2 Å². The molecular weight excluding hydrogens is 546 g/mol. The van der Waals surface area contributed by atoms with Gasteiger partial charge < -0.3 is 14.8 Å². The summed E-state index contributed by atoms with van der Waals surface area (Å²) in [4.78, 5) is 25.5. The third-order valence-electron chi connectivity index (χ3n) is 6.28. The van der Waals surface area contributed by atoms with E-state index in [1.54, 1.807) is 4.90 Å². The number of fused-ring (bicyclic) bond motifs is 1. The minimum Gasteiger partial charge on any atom is -0.356 e. The van der Waals surface area contributed by atoms with Gasteiger partial charge in [0.2, 0.25) is 5.91 Å². The first-order chi connectivity index (χ1) is 17.6. The number of alkyl halides is 6. The van der Waals surface area contributed by atoms with E-state index in [0.29, 0.717) is 18.7 Å². The lowest BCUT2D eigenvalue weighted by atomic mass is 9.90. The van der Waals surface area contributed by atoms with Crippen molar-refractivity contribution in [1.82, 2.24) is 19.5 Å². The van der Waals surface area contributed by atoms with Crippen LogP contribution in [-0.4, -0.2) is 72.1 Å². The van der Waals surface area contributed by atoms with E-state index in [4.69, 9.17) is 4.18 Å². The largest absolute Gasteiger partial charge is 0.396 e. The van der Waals surface area contributed by atoms with Crippen molar-refractivity contribution in [2.45, 2.75) is 56.4 Å². The molecule has 0 unspecified atom stereocenters. The van der Waals surface area contributed by atoms with Gasteiger partial charge in [-0.15, -0.1) is 0 Å². The lowest BCUT2D eigenvalue weighted by molar-refractivity contribution is -0.156. The van der Waals surface area contributed by atoms with E-state index in [9.17, 15) is 39.6 Å². The minimum atomic E-state index is -4.70. The normalized spacial score (nSPS) is 19.4. The maximum Gasteiger partial charge on any atom is 0.396 e. The molecule has 210 valence electrons. The van der Waals surface area contributed by atoms with Crippen molar-refractivity contribution in [3.05, 3.63) is 29.6 Å². The minimum absolute atomic E-state index is 0.0402. The predicted octanol–water partition coefficient (Wildman–Crippen LogP) is 3.13. The van der Waals surface area contributed by atoms with E-state index in [0.717, 1.165) is 12.6 Å². The summed E-state index contributed by atoms with van der Waals surface area (Å²) in [6, 6.07) is 0. The van der Waals surface area contributed by atoms with E-state index < -0.39 is 47.1 Å². The number of hydrogen-bond donors (Lipinski definition) is 1. The molecule has 2 aliphatic heterocycles. The summed E-state index contributed by atoms with van der Waals surface area (Å²) in [5, 5.41) is 2.36. The van der Waals surface area contributed by atoms with Crippen LogP contribution in [-0.2, 0) is 32.1 Å². The molecule has 0 saturated carbocycles. The summed E-state index contributed by atoms with van der Waals surface area (Å²) >= 11 is 0. The van der Waals surface area contributed by atoms with Crippen LogP contribution in [0.3, 0.4) is 0 Å². The SMILES string of the molecule is CS(=O)(=O)OCCn1cc(CC(F)(F)F)nc1C1CCN(c2ncnc3c2[C@H](C(F)(F)F)CC(=O)N3)CC1. The van der Waals surface area contributed by atoms with E-state index in [-0.39, 0.29) is 55.1 Å². The first-order valence-electron chi connectivity index (χ1n) is 11.5. The second kappa shape index (κ2) is 10.3. The quantitative estimate of drug-likeness (QED) is 0.399. The fraction of sp³-hybridized carbons (Fsp3) is 0.619. The number of nitrogens with zero attached hydrogens (tertiary/aromatic N) is 5. The van der Waals surface area contributed by atoms with Crippen LogP contribution < -0.4 is 10.2 Å². The van der Waals surface area contributed by atoms with Gasteiger partial charge >= 0.3 is 12.4 Å². The first-order valence-corrected chi connectivity index (χ1v) is 13.4. The second-order valence-electron chi connectivity index (χ2n) is 9.17. The van der Waals surface area contributed by atoms with Gasteiger partial charge in [-0.05, 0) is 12.8 Å². The molecule has 1 N–H and O–H groups in total. The molecule has 0 radical (unpaired) electrons. The number of carbonyl (C=O) groups excluding carboxylic acids is 1. The Morgan fingerprint density at radius 3 is 2.42 bits per heavy atom. The Morgan fingerprint density at radius 2 is 1.82 bits per heavy atom. The number of nitrogens with one attached hydrogen (secondary N) is 1. The van der Waals surface area contributed by atoms with E-state index in [1.807, 2.05) is 0 Å². The van der Waals surface area contributed by atoms with E-state index in [2.05, 4.69) is 20.3 Å². The summed E-state index contributed by atoms with van der Waals surface area (Å²) in [5.74, 6) is -3.07. The van der Waals surface area contributed by atoms with Crippen molar-refractivity contribution in [2.75, 3.05) is 36.2 Å². The van der Waals surface area contributed by atoms with Gasteiger partial charge in [0.25, 0.3) is 10.1 Å². The smallest absolute Gasteiger partial charge is 0.356 e. The molecule has 2 aromatic rings. The molecule has 0 aliphatic carbocycles. The number of halogens is 6. The van der Waals surface area contributed by atoms with Crippen LogP contribution in [0.25, 0.3) is 0 Å². The second-order valence-corrected chi connectivity index (χ2v) is 10.8. The molecule has 4 rings (SSSR count). The third kappa shape index (κ3) is 6.73. The van der Waals surface area contributed by atoms with Gasteiger partial charge in [0.1, 0.15) is 23.8 Å². The molecule has 17 heteroatoms. The maximum atomic E-state index is 13.8. The number of hydrogen-bond acceptors (Lipinski definition) is 8. The highest BCUT2D eigenvalue weighted by Crippen LogP contribution is 2.46. The number of piperidine rings is 1. The molecule has 1 amide bonds. The Kier molecular flexibility index (Phi) is 7.62. The molecule has 2 aliphatic rings. The van der Waals surface area contributed by atoms with Crippen molar-refractivity contribution in [3.8, 4) is 0 Å². The van der Waals surface area contributed by atoms with Crippen LogP contribution in [0.5, 0.6) is 0 Å². The van der Waals surface area contributed by atoms with Crippen LogP contribution in [0.2, 0.25) is 0 Å². The summed E-state index contributed by atoms with van der Waals surface area (Å²) in [5.41, 5.74) is -0.451. The standard InChI is InChI=1S/C21H24F6N6O4S/c1-38(35,36)37-7-6-33-10-13(9-20(22,23)24)30-18(33)12-2-4-32(5-3-12)19-16-14(21(25,26)27)8-15(34)31-17(16)28-11-29-19/h10-12,14H,2-9H2,1H3,(H,28,29,31,34)/t14-/m1/s1. The monoisotopic (exact) mass is 570 g/mol. The van der Waals surface area contributed by atoms with Crippen LogP contribution in [0.4, 0.5) is 38.0 Å². The molecule has 4 heterocycles. The number of carbonyl (C=O) groups is 1. The van der Waals surface area contributed by atoms with Crippen LogP contribution in [0.1, 0.15) is 48.2 Å². The van der Waals surface area contributed by atoms with Crippen molar-refractivity contribution < 1.29 is 43.7 Å². The average molecular weight is 571 g/mol. The van der Waals surface area contributed by atoms with Crippen molar-refractivity contribution in [2.24, 2.45) is 0 Å². The third-order valence-corrected chi connectivity index (χ3v) is 6.88. The highest BCUT2D eigenvalue weighted by atomic mass is 32.2. The molecule has 1 fully saturated rings. The van der Waals surface area contributed by atoms with Crippen LogP contribution >= 0.6 is 0 Å². The van der Waals surface area contributed by atoms with Crippen molar-refractivity contribution in [1.29, 1.82) is 0 Å². The van der Waals surface area contributed by atoms with Gasteiger partial charge in [0.15, 0.2) is 0 Å². The first kappa shape index (κ1) is 28.1. The average Bonchev–Trinajstić information content (AvgIpc) is 3.17. The summed E-state index contributed by atoms with van der Waals surface area (Å²) in [6.07, 6.45) is -7.46. The summed E-state index contributed by atoms with van der Waals surface area (Å²) in [6.45, 7) is 0.0753. The number of imidazole rings is 1. The fourth-order valence-corrected chi connectivity index (χ4v) is 5.10. The lowest BCUT2D eigenvalue weighted by Crippen LogP contribution is -2.38. The zero-order valence-electron chi connectivity index (χ0n) is 20.0. The highest BCUT2D eigenvalue weighted by Gasteiger charge is 2.48. The Hall–Kier alpha value is -2.95. The van der Waals surface area contributed by atoms with Gasteiger partial charge in [-0.3, -0.25) is 8.98 Å². The molecule has 2 aromatic heterocycles. The number of anilines is 2. The predicted molar refractivity (Wildman–Crippen MR) is 121 cm³/mol. The molecule has 1 atom stereocenters. The zero-order chi connectivity index (χ0) is 27.9. The molecule has 38 heavy (non-hydrogen) atoms. The lowest BCUT2D eigenvalue weighted by Gasteiger charge is -2.36. The van der Waals surface area contributed by atoms with Gasteiger partial charge in [-0.25, -0.2) is 15.0 Å². The molecule has 1 saturated heterocycles. The van der Waals surface area contributed by atoms with Crippen molar-refractivity contribution >= 4 is 27.7 Å². The molecule has 0 aromatic carbocycles. The molecule has 0 bridgehead atoms. The number of amides is 1. The van der Waals surface area contributed by atoms with Crippen LogP contribution in [0.15, 0.2) is 12.5 Å². The highest BCUT2D eigenvalue weighted by molar-refractivity contribution is 7.85. The Labute approximate surface area is 213 Å². The van der Waals surface area contributed by atoms with Gasteiger partial charge in [-0.1, -0.05) is 0 Å². The Morgan fingerprint density at radius 1 is 1.13 bits per heavy atom. The Balaban J connectivity index is 1.55. The maximum absolute atomic E-state index is 13.8. The summed E-state index contributed by atoms with van der Waals surface area (Å²) in [7, 11) is -3.76. The number of aromatic nitrogens is 4. The molecule has 10 nitrogen and oxygen atoms in total. The topological polar surface area (TPSA) is 119 Å². The van der Waals surface area contributed by atoms with E-state index >= 15 is 0 Å². The van der Waals surface area contributed by atoms with Gasteiger partial charge in [-0.2, -0.15) is 34.8 Å². The molecule has 0 spiro atoms. The van der Waals surface area contributed by atoms with Crippen molar-refractivity contribution in [3.63, 3.8) is 0 Å². The zero-order valence-corrected chi connectivity index (χ0v) is 20.8. The summed E-state index contributed by atoms with van der Waals surface area (Å²) < 4.78 is 109.